The van der Waals surface area contributed by atoms with Crippen molar-refractivity contribution < 1.29 is 5.11 Å². The van der Waals surface area contributed by atoms with Crippen molar-refractivity contribution >= 4 is 28.0 Å². The Hall–Kier alpha value is -1.66. The molecule has 96 valence electrons. The molecule has 0 aromatic carbocycles. The van der Waals surface area contributed by atoms with E-state index < -0.39 is 0 Å². The minimum absolute atomic E-state index is 0.178. The maximum absolute atomic E-state index is 8.72. The lowest BCUT2D eigenvalue weighted by Crippen LogP contribution is -2.05. The topological polar surface area (TPSA) is 70.1 Å². The Balaban J connectivity index is 2.01. The van der Waals surface area contributed by atoms with Gasteiger partial charge in [-0.15, -0.1) is 11.3 Å². The van der Waals surface area contributed by atoms with Gasteiger partial charge >= 0.3 is 0 Å². The van der Waals surface area contributed by atoms with Crippen molar-refractivity contribution in [2.75, 3.05) is 23.8 Å². The Morgan fingerprint density at radius 1 is 1.33 bits per heavy atom. The first kappa shape index (κ1) is 12.8. The molecule has 0 radical (unpaired) electrons. The van der Waals surface area contributed by atoms with Crippen LogP contribution < -0.4 is 10.6 Å². The number of hydrogen-bond donors (Lipinski definition) is 3. The summed E-state index contributed by atoms with van der Waals surface area (Å²) in [5, 5.41) is 18.2. The fourth-order valence-corrected chi connectivity index (χ4v) is 2.26. The van der Waals surface area contributed by atoms with Crippen molar-refractivity contribution in [1.29, 1.82) is 0 Å². The highest BCUT2D eigenvalue weighted by Crippen LogP contribution is 2.25. The molecule has 0 aliphatic heterocycles. The van der Waals surface area contributed by atoms with Gasteiger partial charge in [0.2, 0.25) is 0 Å². The molecular formula is C12H16N4OS. The van der Waals surface area contributed by atoms with E-state index in [4.69, 9.17) is 5.11 Å². The summed E-state index contributed by atoms with van der Waals surface area (Å²) in [5.41, 5.74) is 1.20. The molecule has 0 atom stereocenters. The second-order valence-corrected chi connectivity index (χ2v) is 4.77. The van der Waals surface area contributed by atoms with Crippen LogP contribution in [0.2, 0.25) is 0 Å². The van der Waals surface area contributed by atoms with Crippen LogP contribution in [0.3, 0.4) is 0 Å². The third kappa shape index (κ3) is 3.41. The molecule has 0 saturated carbocycles. The molecule has 18 heavy (non-hydrogen) atoms. The van der Waals surface area contributed by atoms with Crippen LogP contribution in [0.25, 0.3) is 0 Å². The SMILES string of the molecule is Cc1ccsc1Nc1cc(NCCCO)ncn1. The standard InChI is InChI=1S/C12H16N4OS/c1-9-3-6-18-12(9)16-11-7-10(14-8-15-11)13-4-2-5-17/h3,6-8,17H,2,4-5H2,1H3,(H2,13,14,15,16). The smallest absolute Gasteiger partial charge is 0.136 e. The zero-order chi connectivity index (χ0) is 12.8. The molecule has 0 aliphatic carbocycles. The molecule has 0 amide bonds. The van der Waals surface area contributed by atoms with Crippen molar-refractivity contribution in [3.05, 3.63) is 29.4 Å². The molecule has 5 nitrogen and oxygen atoms in total. The second kappa shape index (κ2) is 6.32. The van der Waals surface area contributed by atoms with Crippen LogP contribution in [-0.4, -0.2) is 28.2 Å². The fraction of sp³-hybridized carbons (Fsp3) is 0.333. The lowest BCUT2D eigenvalue weighted by atomic mass is 10.3. The summed E-state index contributed by atoms with van der Waals surface area (Å²) in [6.45, 7) is 2.93. The number of aryl methyl sites for hydroxylation is 1. The van der Waals surface area contributed by atoms with E-state index in [9.17, 15) is 0 Å². The molecule has 0 unspecified atom stereocenters. The molecule has 3 N–H and O–H groups in total. The molecule has 2 heterocycles. The van der Waals surface area contributed by atoms with Gasteiger partial charge in [-0.3, -0.25) is 0 Å². The zero-order valence-electron chi connectivity index (χ0n) is 10.2. The first-order valence-corrected chi connectivity index (χ1v) is 6.65. The van der Waals surface area contributed by atoms with Gasteiger partial charge in [0.1, 0.15) is 18.0 Å². The molecule has 6 heteroatoms. The molecule has 0 aliphatic rings. The molecule has 0 saturated heterocycles. The minimum atomic E-state index is 0.178. The van der Waals surface area contributed by atoms with Crippen molar-refractivity contribution in [1.82, 2.24) is 9.97 Å². The number of nitrogens with zero attached hydrogens (tertiary/aromatic N) is 2. The Labute approximate surface area is 110 Å². The highest BCUT2D eigenvalue weighted by molar-refractivity contribution is 7.14. The van der Waals surface area contributed by atoms with Crippen LogP contribution in [0.5, 0.6) is 0 Å². The highest BCUT2D eigenvalue weighted by Gasteiger charge is 2.02. The summed E-state index contributed by atoms with van der Waals surface area (Å²) in [6.07, 6.45) is 2.23. The fourth-order valence-electron chi connectivity index (χ4n) is 1.43. The normalized spacial score (nSPS) is 10.3. The van der Waals surface area contributed by atoms with Gasteiger partial charge in [-0.2, -0.15) is 0 Å². The van der Waals surface area contributed by atoms with E-state index in [1.54, 1.807) is 11.3 Å². The zero-order valence-corrected chi connectivity index (χ0v) is 11.0. The highest BCUT2D eigenvalue weighted by atomic mass is 32.1. The summed E-state index contributed by atoms with van der Waals surface area (Å²) < 4.78 is 0. The van der Waals surface area contributed by atoms with Gasteiger partial charge < -0.3 is 15.7 Å². The van der Waals surface area contributed by atoms with E-state index in [2.05, 4.69) is 33.6 Å². The number of aliphatic hydroxyl groups is 1. The number of nitrogens with one attached hydrogen (secondary N) is 2. The summed E-state index contributed by atoms with van der Waals surface area (Å²) in [5.74, 6) is 1.53. The van der Waals surface area contributed by atoms with Gasteiger partial charge in [0, 0.05) is 19.2 Å². The van der Waals surface area contributed by atoms with E-state index in [1.165, 1.54) is 11.9 Å². The van der Waals surface area contributed by atoms with Gasteiger partial charge in [0.15, 0.2) is 0 Å². The predicted molar refractivity (Wildman–Crippen MR) is 74.6 cm³/mol. The second-order valence-electron chi connectivity index (χ2n) is 3.85. The maximum atomic E-state index is 8.72. The molecular weight excluding hydrogens is 248 g/mol. The molecule has 2 rings (SSSR count). The largest absolute Gasteiger partial charge is 0.396 e. The number of aromatic nitrogens is 2. The van der Waals surface area contributed by atoms with Crippen LogP contribution in [0.1, 0.15) is 12.0 Å². The average Bonchev–Trinajstić information content (AvgIpc) is 2.76. The van der Waals surface area contributed by atoms with Crippen LogP contribution in [0, 0.1) is 6.92 Å². The van der Waals surface area contributed by atoms with Crippen molar-refractivity contribution in [3.63, 3.8) is 0 Å². The third-order valence-electron chi connectivity index (χ3n) is 2.41. The molecule has 0 spiro atoms. The number of aliphatic hydroxyl groups excluding tert-OH is 1. The van der Waals surface area contributed by atoms with E-state index >= 15 is 0 Å². The van der Waals surface area contributed by atoms with Crippen molar-refractivity contribution in [3.8, 4) is 0 Å². The van der Waals surface area contributed by atoms with E-state index in [0.29, 0.717) is 13.0 Å². The molecule has 0 bridgehead atoms. The number of thiophene rings is 1. The summed E-state index contributed by atoms with van der Waals surface area (Å²) in [7, 11) is 0. The monoisotopic (exact) mass is 264 g/mol. The van der Waals surface area contributed by atoms with Crippen molar-refractivity contribution in [2.24, 2.45) is 0 Å². The Morgan fingerprint density at radius 3 is 2.89 bits per heavy atom. The van der Waals surface area contributed by atoms with Crippen molar-refractivity contribution in [2.45, 2.75) is 13.3 Å². The van der Waals surface area contributed by atoms with E-state index in [1.807, 2.05) is 11.4 Å². The van der Waals surface area contributed by atoms with E-state index in [0.717, 1.165) is 16.6 Å². The first-order chi connectivity index (χ1) is 8.79. The number of anilines is 3. The summed E-state index contributed by atoms with van der Waals surface area (Å²) >= 11 is 1.65. The third-order valence-corrected chi connectivity index (χ3v) is 3.34. The molecule has 0 fully saturated rings. The lowest BCUT2D eigenvalue weighted by Gasteiger charge is -2.07. The van der Waals surface area contributed by atoms with Crippen LogP contribution in [0.4, 0.5) is 16.6 Å². The maximum Gasteiger partial charge on any atom is 0.136 e. The average molecular weight is 264 g/mol. The van der Waals surface area contributed by atoms with E-state index in [-0.39, 0.29) is 6.61 Å². The van der Waals surface area contributed by atoms with Gasteiger partial charge in [-0.05, 0) is 30.4 Å². The quantitative estimate of drug-likeness (QED) is 0.699. The number of rotatable bonds is 6. The lowest BCUT2D eigenvalue weighted by molar-refractivity contribution is 0.292. The Bertz CT molecular complexity index is 500. The van der Waals surface area contributed by atoms with Gasteiger partial charge in [-0.25, -0.2) is 9.97 Å². The van der Waals surface area contributed by atoms with Crippen LogP contribution in [0.15, 0.2) is 23.8 Å². The first-order valence-electron chi connectivity index (χ1n) is 5.77. The van der Waals surface area contributed by atoms with Gasteiger partial charge in [0.05, 0.1) is 5.00 Å². The predicted octanol–water partition coefficient (Wildman–Crippen LogP) is 2.38. The Kier molecular flexibility index (Phi) is 4.49. The van der Waals surface area contributed by atoms with Crippen LogP contribution in [-0.2, 0) is 0 Å². The van der Waals surface area contributed by atoms with Gasteiger partial charge in [0.25, 0.3) is 0 Å². The minimum Gasteiger partial charge on any atom is -0.396 e. The molecule has 2 aromatic rings. The van der Waals surface area contributed by atoms with Crippen LogP contribution >= 0.6 is 11.3 Å². The van der Waals surface area contributed by atoms with Gasteiger partial charge in [-0.1, -0.05) is 0 Å². The summed E-state index contributed by atoms with van der Waals surface area (Å²) in [4.78, 5) is 8.30. The number of hydrogen-bond acceptors (Lipinski definition) is 6. The summed E-state index contributed by atoms with van der Waals surface area (Å²) in [6, 6.07) is 3.92. The molecule has 2 aromatic heterocycles. The Morgan fingerprint density at radius 2 is 2.17 bits per heavy atom.